The van der Waals surface area contributed by atoms with E-state index in [1.54, 1.807) is 6.07 Å². The Morgan fingerprint density at radius 1 is 0.900 bits per heavy atom. The predicted molar refractivity (Wildman–Crippen MR) is 82.7 cm³/mol. The lowest BCUT2D eigenvalue weighted by Gasteiger charge is -2.11. The molecule has 0 bridgehead atoms. The average Bonchev–Trinajstić information content (AvgIpc) is 2.39. The summed E-state index contributed by atoms with van der Waals surface area (Å²) < 4.78 is 31.6. The molecule has 1 aromatic carbocycles. The van der Waals surface area contributed by atoms with E-state index >= 15 is 0 Å². The zero-order chi connectivity index (χ0) is 15.0. The van der Waals surface area contributed by atoms with Crippen LogP contribution in [-0.2, 0) is 23.0 Å². The van der Waals surface area contributed by atoms with Crippen LogP contribution in [0.4, 0.5) is 0 Å². The Morgan fingerprint density at radius 3 is 1.95 bits per heavy atom. The zero-order valence-corrected chi connectivity index (χ0v) is 13.4. The molecule has 0 saturated carbocycles. The molecule has 0 heterocycles. The van der Waals surface area contributed by atoms with Crippen molar-refractivity contribution in [2.75, 3.05) is 0 Å². The molecule has 0 atom stereocenters. The Labute approximate surface area is 123 Å². The molecule has 0 aromatic heterocycles. The zero-order valence-electron chi connectivity index (χ0n) is 12.6. The van der Waals surface area contributed by atoms with Crippen LogP contribution in [0.2, 0.25) is 0 Å². The van der Waals surface area contributed by atoms with E-state index in [1.165, 1.54) is 24.5 Å². The van der Waals surface area contributed by atoms with E-state index in [2.05, 4.69) is 13.8 Å². The van der Waals surface area contributed by atoms with E-state index in [9.17, 15) is 8.42 Å². The summed E-state index contributed by atoms with van der Waals surface area (Å²) in [5.74, 6) is 0. The maximum Gasteiger partial charge on any atom is 0.294 e. The molecule has 0 amide bonds. The summed E-state index contributed by atoms with van der Waals surface area (Å²) in [7, 11) is -4.10. The maximum atomic E-state index is 11.2. The molecule has 1 aromatic rings. The highest BCUT2D eigenvalue weighted by Gasteiger charge is 2.12. The van der Waals surface area contributed by atoms with E-state index in [0.29, 0.717) is 0 Å². The molecule has 1 rings (SSSR count). The fraction of sp³-hybridized carbons (Fsp3) is 0.625. The lowest BCUT2D eigenvalue weighted by atomic mass is 9.97. The molecule has 0 aliphatic heterocycles. The highest BCUT2D eigenvalue weighted by molar-refractivity contribution is 7.85. The molecule has 20 heavy (non-hydrogen) atoms. The molecule has 0 unspecified atom stereocenters. The average molecular weight is 298 g/mol. The second kappa shape index (κ2) is 8.42. The molecule has 0 radical (unpaired) electrons. The minimum atomic E-state index is -4.10. The molecule has 0 fully saturated rings. The van der Waals surface area contributed by atoms with Gasteiger partial charge in [0, 0.05) is 0 Å². The van der Waals surface area contributed by atoms with Crippen molar-refractivity contribution in [2.24, 2.45) is 0 Å². The molecule has 0 aliphatic rings. The van der Waals surface area contributed by atoms with Crippen LogP contribution in [0.3, 0.4) is 0 Å². The SMILES string of the molecule is CCCCCc1ccc(S(=O)(=O)O)cc1CCCCC. The van der Waals surface area contributed by atoms with Crippen LogP contribution in [0.5, 0.6) is 0 Å². The van der Waals surface area contributed by atoms with Gasteiger partial charge in [0.15, 0.2) is 0 Å². The lowest BCUT2D eigenvalue weighted by Crippen LogP contribution is -2.02. The van der Waals surface area contributed by atoms with Gasteiger partial charge in [0.05, 0.1) is 4.90 Å². The molecule has 4 heteroatoms. The van der Waals surface area contributed by atoms with E-state index in [0.717, 1.165) is 44.1 Å². The van der Waals surface area contributed by atoms with Gasteiger partial charge in [-0.15, -0.1) is 0 Å². The molecule has 3 nitrogen and oxygen atoms in total. The fourth-order valence-corrected chi connectivity index (χ4v) is 2.90. The van der Waals surface area contributed by atoms with Crippen molar-refractivity contribution in [1.29, 1.82) is 0 Å². The first kappa shape index (κ1) is 17.2. The Bertz CT molecular complexity index is 506. The first-order valence-electron chi connectivity index (χ1n) is 7.58. The number of hydrogen-bond donors (Lipinski definition) is 1. The molecule has 0 aliphatic carbocycles. The maximum absolute atomic E-state index is 11.2. The smallest absolute Gasteiger partial charge is 0.282 e. The second-order valence-electron chi connectivity index (χ2n) is 5.32. The molecule has 0 spiro atoms. The minimum Gasteiger partial charge on any atom is -0.282 e. The first-order chi connectivity index (χ1) is 9.49. The van der Waals surface area contributed by atoms with Gasteiger partial charge in [-0.3, -0.25) is 4.55 Å². The third kappa shape index (κ3) is 5.63. The monoisotopic (exact) mass is 298 g/mol. The van der Waals surface area contributed by atoms with Gasteiger partial charge in [0.25, 0.3) is 10.1 Å². The van der Waals surface area contributed by atoms with Crippen LogP contribution in [-0.4, -0.2) is 13.0 Å². The summed E-state index contributed by atoms with van der Waals surface area (Å²) >= 11 is 0. The minimum absolute atomic E-state index is 0.0169. The number of rotatable bonds is 9. The lowest BCUT2D eigenvalue weighted by molar-refractivity contribution is 0.483. The summed E-state index contributed by atoms with van der Waals surface area (Å²) in [5, 5.41) is 0. The van der Waals surface area contributed by atoms with Crippen LogP contribution in [0.25, 0.3) is 0 Å². The number of hydrogen-bond acceptors (Lipinski definition) is 2. The summed E-state index contributed by atoms with van der Waals surface area (Å²) in [6.45, 7) is 4.32. The molecular weight excluding hydrogens is 272 g/mol. The second-order valence-corrected chi connectivity index (χ2v) is 6.74. The predicted octanol–water partition coefficient (Wildman–Crippen LogP) is 4.40. The Hall–Kier alpha value is -0.870. The van der Waals surface area contributed by atoms with Gasteiger partial charge in [0.1, 0.15) is 0 Å². The van der Waals surface area contributed by atoms with Crippen molar-refractivity contribution in [3.8, 4) is 0 Å². The molecule has 0 saturated heterocycles. The highest BCUT2D eigenvalue weighted by atomic mass is 32.2. The van der Waals surface area contributed by atoms with Gasteiger partial charge in [-0.2, -0.15) is 8.42 Å². The van der Waals surface area contributed by atoms with Gasteiger partial charge in [-0.1, -0.05) is 45.6 Å². The van der Waals surface area contributed by atoms with E-state index in [1.807, 2.05) is 6.07 Å². The third-order valence-electron chi connectivity index (χ3n) is 3.57. The van der Waals surface area contributed by atoms with Crippen LogP contribution in [0, 0.1) is 0 Å². The quantitative estimate of drug-likeness (QED) is 0.543. The van der Waals surface area contributed by atoms with Gasteiger partial charge in [-0.05, 0) is 48.9 Å². The van der Waals surface area contributed by atoms with Gasteiger partial charge in [-0.25, -0.2) is 0 Å². The van der Waals surface area contributed by atoms with Crippen molar-refractivity contribution < 1.29 is 13.0 Å². The Morgan fingerprint density at radius 2 is 1.45 bits per heavy atom. The number of unbranched alkanes of at least 4 members (excludes halogenated alkanes) is 4. The van der Waals surface area contributed by atoms with E-state index < -0.39 is 10.1 Å². The van der Waals surface area contributed by atoms with Crippen LogP contribution in [0.15, 0.2) is 23.1 Å². The van der Waals surface area contributed by atoms with E-state index in [4.69, 9.17) is 4.55 Å². The Balaban J connectivity index is 2.91. The van der Waals surface area contributed by atoms with Gasteiger partial charge in [0.2, 0.25) is 0 Å². The van der Waals surface area contributed by atoms with Crippen LogP contribution >= 0.6 is 0 Å². The van der Waals surface area contributed by atoms with Gasteiger partial charge < -0.3 is 0 Å². The standard InChI is InChI=1S/C16H26O3S/c1-3-5-7-9-14-11-12-16(20(17,18)19)13-15(14)10-8-6-4-2/h11-13H,3-10H2,1-2H3,(H,17,18,19). The topological polar surface area (TPSA) is 54.4 Å². The molecule has 114 valence electrons. The van der Waals surface area contributed by atoms with Crippen molar-refractivity contribution in [3.63, 3.8) is 0 Å². The van der Waals surface area contributed by atoms with E-state index in [-0.39, 0.29) is 4.90 Å². The van der Waals surface area contributed by atoms with Crippen LogP contribution in [0.1, 0.15) is 63.5 Å². The fourth-order valence-electron chi connectivity index (χ4n) is 2.37. The summed E-state index contributed by atoms with van der Waals surface area (Å²) in [6, 6.07) is 5.02. The normalized spacial score (nSPS) is 11.8. The largest absolute Gasteiger partial charge is 0.294 e. The Kier molecular flexibility index (Phi) is 7.24. The van der Waals surface area contributed by atoms with Crippen molar-refractivity contribution in [1.82, 2.24) is 0 Å². The summed E-state index contributed by atoms with van der Waals surface area (Å²) in [4.78, 5) is 0.0169. The van der Waals surface area contributed by atoms with Crippen LogP contribution < -0.4 is 0 Å². The van der Waals surface area contributed by atoms with Gasteiger partial charge >= 0.3 is 0 Å². The van der Waals surface area contributed by atoms with Crippen molar-refractivity contribution in [2.45, 2.75) is 70.1 Å². The third-order valence-corrected chi connectivity index (χ3v) is 4.42. The molecule has 1 N–H and O–H groups in total. The number of benzene rings is 1. The summed E-state index contributed by atoms with van der Waals surface area (Å²) in [6.07, 6.45) is 8.71. The first-order valence-corrected chi connectivity index (χ1v) is 9.02. The summed E-state index contributed by atoms with van der Waals surface area (Å²) in [5.41, 5.74) is 2.30. The van der Waals surface area contributed by atoms with Crippen molar-refractivity contribution in [3.05, 3.63) is 29.3 Å². The highest BCUT2D eigenvalue weighted by Crippen LogP contribution is 2.20. The molecular formula is C16H26O3S. The van der Waals surface area contributed by atoms with Crippen molar-refractivity contribution >= 4 is 10.1 Å². The number of aryl methyl sites for hydroxylation is 2.